The fourth-order valence-electron chi connectivity index (χ4n) is 2.76. The normalized spacial score (nSPS) is 20.1. The highest BCUT2D eigenvalue weighted by atomic mass is 16.6. The molecule has 0 bridgehead atoms. The van der Waals surface area contributed by atoms with Crippen LogP contribution >= 0.6 is 0 Å². The van der Waals surface area contributed by atoms with Crippen molar-refractivity contribution in [3.8, 4) is 23.8 Å². The number of nitrogens with zero attached hydrogens (tertiary/aromatic N) is 3. The molecule has 1 aromatic carbocycles. The average Bonchev–Trinajstić information content (AvgIpc) is 3.20. The summed E-state index contributed by atoms with van der Waals surface area (Å²) in [4.78, 5) is 17.6. The van der Waals surface area contributed by atoms with E-state index in [4.69, 9.17) is 15.9 Å². The number of benzene rings is 1. The van der Waals surface area contributed by atoms with Crippen LogP contribution in [0.4, 0.5) is 10.5 Å². The lowest BCUT2D eigenvalue weighted by atomic mass is 10.2. The molecule has 7 nitrogen and oxygen atoms in total. The summed E-state index contributed by atoms with van der Waals surface area (Å²) in [7, 11) is 0. The Kier molecular flexibility index (Phi) is 2.99. The van der Waals surface area contributed by atoms with Gasteiger partial charge in [-0.3, -0.25) is 9.47 Å². The van der Waals surface area contributed by atoms with Gasteiger partial charge in [0.15, 0.2) is 18.0 Å². The Morgan fingerprint density at radius 3 is 3.17 bits per heavy atom. The predicted octanol–water partition coefficient (Wildman–Crippen LogP) is 1.08. The molecule has 2 aliphatic heterocycles. The van der Waals surface area contributed by atoms with Crippen LogP contribution in [0.2, 0.25) is 0 Å². The molecule has 1 N–H and O–H groups in total. The highest BCUT2D eigenvalue weighted by Crippen LogP contribution is 2.34. The second kappa shape index (κ2) is 5.04. The van der Waals surface area contributed by atoms with E-state index in [0.717, 1.165) is 11.5 Å². The summed E-state index contributed by atoms with van der Waals surface area (Å²) in [6.45, 7) is 0.561. The monoisotopic (exact) mass is 311 g/mol. The van der Waals surface area contributed by atoms with Crippen molar-refractivity contribution in [1.82, 2.24) is 9.55 Å². The van der Waals surface area contributed by atoms with Crippen LogP contribution in [-0.2, 0) is 11.3 Å². The molecule has 116 valence electrons. The number of carbonyl (C=O) groups is 1. The van der Waals surface area contributed by atoms with Crippen LogP contribution in [0.3, 0.4) is 0 Å². The van der Waals surface area contributed by atoms with Crippen molar-refractivity contribution in [2.45, 2.75) is 18.8 Å². The molecule has 1 amide bonds. The molecule has 7 heteroatoms. The van der Waals surface area contributed by atoms with E-state index < -0.39 is 18.3 Å². The number of rotatable bonds is 2. The molecule has 0 spiro atoms. The van der Waals surface area contributed by atoms with Gasteiger partial charge in [0.1, 0.15) is 12.4 Å². The van der Waals surface area contributed by atoms with E-state index >= 15 is 0 Å². The first kappa shape index (κ1) is 13.7. The van der Waals surface area contributed by atoms with Gasteiger partial charge in [-0.15, -0.1) is 6.42 Å². The maximum Gasteiger partial charge on any atom is 0.414 e. The first-order valence-electron chi connectivity index (χ1n) is 7.09. The molecule has 4 rings (SSSR count). The predicted molar refractivity (Wildman–Crippen MR) is 80.4 cm³/mol. The van der Waals surface area contributed by atoms with Gasteiger partial charge >= 0.3 is 6.09 Å². The maximum atomic E-state index is 12.0. The number of hydrogen-bond donors (Lipinski definition) is 1. The van der Waals surface area contributed by atoms with Crippen molar-refractivity contribution in [3.05, 3.63) is 36.4 Å². The summed E-state index contributed by atoms with van der Waals surface area (Å²) in [5.74, 6) is 3.65. The third kappa shape index (κ3) is 2.12. The van der Waals surface area contributed by atoms with Crippen molar-refractivity contribution >= 4 is 11.8 Å². The minimum atomic E-state index is -1.12. The summed E-state index contributed by atoms with van der Waals surface area (Å²) >= 11 is 0. The quantitative estimate of drug-likeness (QED) is 0.840. The number of aliphatic hydroxyl groups is 1. The molecular weight excluding hydrogens is 298 g/mol. The molecule has 0 radical (unpaired) electrons. The van der Waals surface area contributed by atoms with Crippen molar-refractivity contribution in [2.75, 3.05) is 11.4 Å². The summed E-state index contributed by atoms with van der Waals surface area (Å²) in [5.41, 5.74) is 1.49. The van der Waals surface area contributed by atoms with Gasteiger partial charge in [0.25, 0.3) is 0 Å². The van der Waals surface area contributed by atoms with Gasteiger partial charge in [-0.05, 0) is 12.1 Å². The minimum Gasteiger partial charge on any atom is -0.483 e. The minimum absolute atomic E-state index is 0.194. The number of aliphatic hydroxyl groups excluding tert-OH is 1. The second-order valence-electron chi connectivity index (χ2n) is 5.30. The molecule has 1 fully saturated rings. The highest BCUT2D eigenvalue weighted by molar-refractivity contribution is 5.90. The Labute approximate surface area is 132 Å². The van der Waals surface area contributed by atoms with Crippen LogP contribution < -0.4 is 9.64 Å². The third-order valence-corrected chi connectivity index (χ3v) is 3.95. The Bertz CT molecular complexity index is 823. The largest absolute Gasteiger partial charge is 0.483 e. The molecule has 2 aromatic rings. The third-order valence-electron chi connectivity index (χ3n) is 3.95. The van der Waals surface area contributed by atoms with Crippen LogP contribution in [-0.4, -0.2) is 39.5 Å². The number of carbonyl (C=O) groups excluding carboxylic acids is 1. The zero-order chi connectivity index (χ0) is 16.0. The molecule has 2 atom stereocenters. The molecule has 2 aliphatic rings. The molecule has 23 heavy (non-hydrogen) atoms. The molecule has 3 heterocycles. The zero-order valence-corrected chi connectivity index (χ0v) is 12.0. The number of imidazole rings is 1. The van der Waals surface area contributed by atoms with Crippen molar-refractivity contribution in [1.29, 1.82) is 0 Å². The lowest BCUT2D eigenvalue weighted by Crippen LogP contribution is -2.30. The lowest BCUT2D eigenvalue weighted by Gasteiger charge is -2.22. The molecule has 0 saturated carbocycles. The van der Waals surface area contributed by atoms with Crippen LogP contribution in [0.15, 0.2) is 30.6 Å². The van der Waals surface area contributed by atoms with Gasteiger partial charge in [-0.2, -0.15) is 0 Å². The topological polar surface area (TPSA) is 76.8 Å². The van der Waals surface area contributed by atoms with E-state index in [1.54, 1.807) is 18.3 Å². The van der Waals surface area contributed by atoms with Gasteiger partial charge in [0.05, 0.1) is 17.9 Å². The number of amides is 1. The van der Waals surface area contributed by atoms with Gasteiger partial charge in [0.2, 0.25) is 0 Å². The highest BCUT2D eigenvalue weighted by Gasteiger charge is 2.36. The Balaban J connectivity index is 1.65. The second-order valence-corrected chi connectivity index (χ2v) is 5.30. The first-order chi connectivity index (χ1) is 11.2. The molecular formula is C16H13N3O4. The van der Waals surface area contributed by atoms with E-state index in [1.165, 1.54) is 4.90 Å². The number of ether oxygens (including phenoxy) is 2. The zero-order valence-electron chi connectivity index (χ0n) is 12.0. The Hall–Kier alpha value is -2.98. The van der Waals surface area contributed by atoms with Gasteiger partial charge in [0, 0.05) is 18.5 Å². The summed E-state index contributed by atoms with van der Waals surface area (Å²) in [6.07, 6.45) is 6.35. The van der Waals surface area contributed by atoms with Gasteiger partial charge in [-0.25, -0.2) is 9.78 Å². The van der Waals surface area contributed by atoms with Crippen LogP contribution in [0.25, 0.3) is 5.69 Å². The molecule has 0 aliphatic carbocycles. The van der Waals surface area contributed by atoms with Crippen LogP contribution in [0, 0.1) is 12.3 Å². The average molecular weight is 311 g/mol. The fraction of sp³-hybridized carbons (Fsp3) is 0.250. The summed E-state index contributed by atoms with van der Waals surface area (Å²) < 4.78 is 12.7. The van der Waals surface area contributed by atoms with Crippen molar-refractivity contribution in [3.63, 3.8) is 0 Å². The smallest absolute Gasteiger partial charge is 0.414 e. The fourth-order valence-corrected chi connectivity index (χ4v) is 2.76. The van der Waals surface area contributed by atoms with Gasteiger partial charge in [-0.1, -0.05) is 5.92 Å². The van der Waals surface area contributed by atoms with Crippen molar-refractivity contribution in [2.24, 2.45) is 0 Å². The Morgan fingerprint density at radius 1 is 1.48 bits per heavy atom. The van der Waals surface area contributed by atoms with E-state index in [-0.39, 0.29) is 6.54 Å². The number of fused-ring (bicyclic) bond motifs is 3. The van der Waals surface area contributed by atoms with E-state index in [2.05, 4.69) is 10.9 Å². The van der Waals surface area contributed by atoms with Gasteiger partial charge < -0.3 is 14.6 Å². The van der Waals surface area contributed by atoms with Crippen LogP contribution in [0.1, 0.15) is 5.82 Å². The summed E-state index contributed by atoms with van der Waals surface area (Å²) in [6, 6.07) is 5.42. The van der Waals surface area contributed by atoms with E-state index in [0.29, 0.717) is 18.0 Å². The molecule has 1 unspecified atom stereocenters. The lowest BCUT2D eigenvalue weighted by molar-refractivity contribution is 0.0641. The molecule has 1 aromatic heterocycles. The molecule has 1 saturated heterocycles. The first-order valence-corrected chi connectivity index (χ1v) is 7.09. The van der Waals surface area contributed by atoms with E-state index in [1.807, 2.05) is 16.8 Å². The summed E-state index contributed by atoms with van der Waals surface area (Å²) in [5, 5.41) is 9.64. The number of aromatic nitrogens is 2. The maximum absolute atomic E-state index is 12.0. The number of terminal acetylenes is 1. The SMILES string of the molecule is C#CC(O)[C@H]1CN(c2ccc3c(c2)OCc2nccn2-3)C(=O)O1. The number of hydrogen-bond acceptors (Lipinski definition) is 5. The van der Waals surface area contributed by atoms with Crippen LogP contribution in [0.5, 0.6) is 5.75 Å². The van der Waals surface area contributed by atoms with Crippen molar-refractivity contribution < 1.29 is 19.4 Å². The number of anilines is 1. The Morgan fingerprint density at radius 2 is 2.35 bits per heavy atom. The number of cyclic esters (lactones) is 1. The van der Waals surface area contributed by atoms with E-state index in [9.17, 15) is 9.90 Å². The standard InChI is InChI=1S/C16H13N3O4/c1-2-12(20)14-8-19(16(21)23-14)10-3-4-11-13(7-10)22-9-15-17-5-6-18(11)15/h1,3-7,12,14,20H,8-9H2/t12?,14-/m1/s1.